The van der Waals surface area contributed by atoms with Gasteiger partial charge in [-0.2, -0.15) is 0 Å². The Labute approximate surface area is 176 Å². The van der Waals surface area contributed by atoms with Gasteiger partial charge in [0.2, 0.25) is 0 Å². The largest absolute Gasteiger partial charge is 0.459 e. The summed E-state index contributed by atoms with van der Waals surface area (Å²) in [5, 5.41) is 21.9. The maximum absolute atomic E-state index is 12.9. The van der Waals surface area contributed by atoms with Crippen molar-refractivity contribution in [3.63, 3.8) is 0 Å². The predicted octanol–water partition coefficient (Wildman–Crippen LogP) is 0.319. The Morgan fingerprint density at radius 2 is 1.90 bits per heavy atom. The van der Waals surface area contributed by atoms with Crippen LogP contribution in [0.4, 0.5) is 0 Å². The standard InChI is InChI=1S/C21H31NO8/c1-5-20(26)13(4)29-16(23)10-21(27,12(2)3)19(25)30-15-7-9-22-8-6-14(17(15)22)11-28-18(20)24/h6,12-13,15,17,26-27H,5,7-11H2,1-4H3/t13-,15-,17-,20+,21+/m1/s1. The number of nitrogens with zero attached hydrogens (tertiary/aromatic N) is 1. The molecule has 0 aliphatic carbocycles. The van der Waals surface area contributed by atoms with Crippen LogP contribution in [0.2, 0.25) is 0 Å². The molecule has 168 valence electrons. The molecule has 2 N–H and O–H groups in total. The van der Waals surface area contributed by atoms with Crippen molar-refractivity contribution in [2.45, 2.75) is 76.4 Å². The van der Waals surface area contributed by atoms with Crippen LogP contribution in [0.3, 0.4) is 0 Å². The Hall–Kier alpha value is -1.97. The zero-order chi connectivity index (χ0) is 22.3. The molecule has 0 saturated carbocycles. The Morgan fingerprint density at radius 3 is 2.53 bits per heavy atom. The van der Waals surface area contributed by atoms with Gasteiger partial charge in [0.05, 0.1) is 12.5 Å². The van der Waals surface area contributed by atoms with Gasteiger partial charge in [0.15, 0.2) is 11.2 Å². The molecule has 0 aromatic heterocycles. The Balaban J connectivity index is 1.96. The summed E-state index contributed by atoms with van der Waals surface area (Å²) in [5.74, 6) is -3.29. The van der Waals surface area contributed by atoms with Crippen LogP contribution in [0.15, 0.2) is 11.6 Å². The van der Waals surface area contributed by atoms with E-state index in [-0.39, 0.29) is 19.1 Å². The van der Waals surface area contributed by atoms with Gasteiger partial charge in [0.1, 0.15) is 18.8 Å². The van der Waals surface area contributed by atoms with E-state index < -0.39 is 53.7 Å². The predicted molar refractivity (Wildman–Crippen MR) is 104 cm³/mol. The van der Waals surface area contributed by atoms with Crippen molar-refractivity contribution in [1.82, 2.24) is 4.90 Å². The van der Waals surface area contributed by atoms with Gasteiger partial charge < -0.3 is 24.4 Å². The van der Waals surface area contributed by atoms with Crippen LogP contribution in [0.1, 0.15) is 47.0 Å². The lowest BCUT2D eigenvalue weighted by molar-refractivity contribution is -0.195. The van der Waals surface area contributed by atoms with E-state index in [1.807, 2.05) is 6.08 Å². The minimum atomic E-state index is -2.08. The lowest BCUT2D eigenvalue weighted by atomic mass is 9.86. The van der Waals surface area contributed by atoms with Gasteiger partial charge in [-0.1, -0.05) is 26.8 Å². The van der Waals surface area contributed by atoms with Gasteiger partial charge in [-0.05, 0) is 31.3 Å². The molecule has 0 aromatic carbocycles. The molecular formula is C21H31NO8. The summed E-state index contributed by atoms with van der Waals surface area (Å²) in [6.07, 6.45) is 0.0493. The minimum Gasteiger partial charge on any atom is -0.459 e. The number of ether oxygens (including phenoxy) is 3. The monoisotopic (exact) mass is 425 g/mol. The third kappa shape index (κ3) is 3.86. The molecule has 0 bridgehead atoms. The van der Waals surface area contributed by atoms with Gasteiger partial charge in [-0.3, -0.25) is 9.69 Å². The molecule has 3 heterocycles. The molecule has 3 rings (SSSR count). The van der Waals surface area contributed by atoms with Gasteiger partial charge >= 0.3 is 17.9 Å². The van der Waals surface area contributed by atoms with Crippen molar-refractivity contribution >= 4 is 17.9 Å². The second-order valence-corrected chi connectivity index (χ2v) is 8.69. The van der Waals surface area contributed by atoms with E-state index in [9.17, 15) is 24.6 Å². The van der Waals surface area contributed by atoms with Crippen LogP contribution in [0.25, 0.3) is 0 Å². The van der Waals surface area contributed by atoms with Crippen molar-refractivity contribution in [3.8, 4) is 0 Å². The highest BCUT2D eigenvalue weighted by Gasteiger charge is 2.50. The number of aliphatic hydroxyl groups is 2. The first kappa shape index (κ1) is 22.7. The number of rotatable bonds is 2. The topological polar surface area (TPSA) is 123 Å². The van der Waals surface area contributed by atoms with Gasteiger partial charge in [0.25, 0.3) is 0 Å². The van der Waals surface area contributed by atoms with Crippen LogP contribution in [-0.2, 0) is 28.6 Å². The second kappa shape index (κ2) is 8.28. The second-order valence-electron chi connectivity index (χ2n) is 8.69. The summed E-state index contributed by atoms with van der Waals surface area (Å²) in [7, 11) is 0. The average molecular weight is 425 g/mol. The lowest BCUT2D eigenvalue weighted by Gasteiger charge is -2.35. The molecule has 5 atom stereocenters. The van der Waals surface area contributed by atoms with E-state index in [1.54, 1.807) is 20.8 Å². The Bertz CT molecular complexity index is 749. The highest BCUT2D eigenvalue weighted by Crippen LogP contribution is 2.34. The number of hydrogen-bond donors (Lipinski definition) is 2. The summed E-state index contributed by atoms with van der Waals surface area (Å²) in [6.45, 7) is 7.45. The molecular weight excluding hydrogens is 394 g/mol. The van der Waals surface area contributed by atoms with Crippen molar-refractivity contribution < 1.29 is 38.8 Å². The molecule has 2 fully saturated rings. The number of carbonyl (C=O) groups excluding carboxylic acids is 3. The number of carbonyl (C=O) groups is 3. The maximum atomic E-state index is 12.9. The highest BCUT2D eigenvalue weighted by molar-refractivity contribution is 5.87. The van der Waals surface area contributed by atoms with E-state index in [0.717, 1.165) is 5.57 Å². The molecule has 9 nitrogen and oxygen atoms in total. The first-order chi connectivity index (χ1) is 14.0. The molecule has 0 radical (unpaired) electrons. The van der Waals surface area contributed by atoms with Crippen molar-refractivity contribution in [3.05, 3.63) is 11.6 Å². The molecule has 3 aliphatic rings. The number of cyclic esters (lactones) is 2. The van der Waals surface area contributed by atoms with Crippen molar-refractivity contribution in [2.24, 2.45) is 5.92 Å². The summed E-state index contributed by atoms with van der Waals surface area (Å²) >= 11 is 0. The molecule has 0 amide bonds. The van der Waals surface area contributed by atoms with Crippen LogP contribution in [0, 0.1) is 5.92 Å². The zero-order valence-corrected chi connectivity index (χ0v) is 17.9. The normalized spacial score (nSPS) is 38.4. The molecule has 2 saturated heterocycles. The van der Waals surface area contributed by atoms with E-state index in [1.165, 1.54) is 6.92 Å². The minimum absolute atomic E-state index is 0.0337. The number of esters is 3. The molecule has 3 aliphatic heterocycles. The zero-order valence-electron chi connectivity index (χ0n) is 17.9. The summed E-state index contributed by atoms with van der Waals surface area (Å²) < 4.78 is 16.3. The van der Waals surface area contributed by atoms with Crippen LogP contribution >= 0.6 is 0 Å². The highest BCUT2D eigenvalue weighted by atomic mass is 16.6. The smallest absolute Gasteiger partial charge is 0.342 e. The third-order valence-electron chi connectivity index (χ3n) is 6.64. The molecule has 9 heteroatoms. The van der Waals surface area contributed by atoms with Gasteiger partial charge in [-0.25, -0.2) is 9.59 Å². The van der Waals surface area contributed by atoms with E-state index in [4.69, 9.17) is 14.2 Å². The first-order valence-electron chi connectivity index (χ1n) is 10.5. The fraction of sp³-hybridized carbons (Fsp3) is 0.762. The third-order valence-corrected chi connectivity index (χ3v) is 6.64. The SMILES string of the molecule is CC[C@@]1(O)C(=O)OCC2=CCN3CC[C@@H](OC(=O)[C@@](O)(C(C)C)CC(=O)O[C@@H]1C)[C@@H]23. The fourth-order valence-electron chi connectivity index (χ4n) is 4.31. The van der Waals surface area contributed by atoms with Gasteiger partial charge in [0, 0.05) is 13.1 Å². The molecule has 0 aromatic rings. The lowest BCUT2D eigenvalue weighted by Crippen LogP contribution is -2.53. The van der Waals surface area contributed by atoms with Crippen molar-refractivity contribution in [1.29, 1.82) is 0 Å². The van der Waals surface area contributed by atoms with E-state index in [0.29, 0.717) is 19.5 Å². The maximum Gasteiger partial charge on any atom is 0.342 e. The molecule has 30 heavy (non-hydrogen) atoms. The van der Waals surface area contributed by atoms with Crippen LogP contribution < -0.4 is 0 Å². The van der Waals surface area contributed by atoms with Crippen LogP contribution in [-0.4, -0.2) is 82.2 Å². The van der Waals surface area contributed by atoms with Crippen LogP contribution in [0.5, 0.6) is 0 Å². The summed E-state index contributed by atoms with van der Waals surface area (Å²) in [4.78, 5) is 40.2. The van der Waals surface area contributed by atoms with Gasteiger partial charge in [-0.15, -0.1) is 0 Å². The first-order valence-corrected chi connectivity index (χ1v) is 10.5. The summed E-state index contributed by atoms with van der Waals surface area (Å²) in [5.41, 5.74) is -3.34. The Morgan fingerprint density at radius 1 is 1.20 bits per heavy atom. The fourth-order valence-corrected chi connectivity index (χ4v) is 4.31. The molecule has 0 unspecified atom stereocenters. The van der Waals surface area contributed by atoms with E-state index in [2.05, 4.69) is 4.90 Å². The van der Waals surface area contributed by atoms with Crippen molar-refractivity contribution in [2.75, 3.05) is 19.7 Å². The average Bonchev–Trinajstić information content (AvgIpc) is 3.27. The summed E-state index contributed by atoms with van der Waals surface area (Å²) in [6, 6.07) is -0.264. The Kier molecular flexibility index (Phi) is 6.27. The van der Waals surface area contributed by atoms with E-state index >= 15 is 0 Å². The molecule has 0 spiro atoms. The number of hydrogen-bond acceptors (Lipinski definition) is 9. The quantitative estimate of drug-likeness (QED) is 0.366.